The molecule has 1 aliphatic heterocycles. The first-order chi connectivity index (χ1) is 11.3. The Morgan fingerprint density at radius 2 is 1.83 bits per heavy atom. The van der Waals surface area contributed by atoms with Crippen molar-refractivity contribution in [3.63, 3.8) is 0 Å². The molecule has 2 nitrogen and oxygen atoms in total. The fourth-order valence-corrected chi connectivity index (χ4v) is 3.81. The standard InChI is InChI=1S/C22H24NO/c1-14-9-10-16-7-6-8-17-20(16)19(14)21-18(24-17)11-15(13-23(21)5)12-22(2,3)4/h6-11,13H,12H2,1-5H3/q+1. The van der Waals surface area contributed by atoms with Crippen LogP contribution in [0, 0.1) is 12.3 Å². The Morgan fingerprint density at radius 1 is 1.04 bits per heavy atom. The van der Waals surface area contributed by atoms with Gasteiger partial charge in [-0.3, -0.25) is 0 Å². The van der Waals surface area contributed by atoms with Crippen molar-refractivity contribution in [1.29, 1.82) is 0 Å². The van der Waals surface area contributed by atoms with Crippen LogP contribution in [-0.4, -0.2) is 0 Å². The first-order valence-corrected chi connectivity index (χ1v) is 8.57. The van der Waals surface area contributed by atoms with E-state index in [0.717, 1.165) is 17.9 Å². The van der Waals surface area contributed by atoms with E-state index in [1.807, 2.05) is 0 Å². The first kappa shape index (κ1) is 15.2. The van der Waals surface area contributed by atoms with E-state index in [1.165, 1.54) is 33.2 Å². The van der Waals surface area contributed by atoms with Crippen molar-refractivity contribution in [2.75, 3.05) is 0 Å². The molecule has 3 aromatic rings. The SMILES string of the molecule is Cc1ccc2cccc3c2c1-c1c(cc(CC(C)(C)C)c[n+]1C)O3. The fourth-order valence-electron chi connectivity index (χ4n) is 3.81. The van der Waals surface area contributed by atoms with Gasteiger partial charge >= 0.3 is 0 Å². The second kappa shape index (κ2) is 5.07. The number of benzene rings is 2. The Hall–Kier alpha value is -2.35. The van der Waals surface area contributed by atoms with Gasteiger partial charge in [-0.1, -0.05) is 45.0 Å². The molecule has 0 atom stereocenters. The summed E-state index contributed by atoms with van der Waals surface area (Å²) in [6.07, 6.45) is 3.28. The average molecular weight is 318 g/mol. The van der Waals surface area contributed by atoms with Crippen LogP contribution in [0.4, 0.5) is 0 Å². The highest BCUT2D eigenvalue weighted by Gasteiger charge is 2.30. The minimum absolute atomic E-state index is 0.254. The third kappa shape index (κ3) is 2.37. The summed E-state index contributed by atoms with van der Waals surface area (Å²) in [6.45, 7) is 9.00. The van der Waals surface area contributed by atoms with E-state index >= 15 is 0 Å². The van der Waals surface area contributed by atoms with Gasteiger partial charge in [0, 0.05) is 10.9 Å². The summed E-state index contributed by atoms with van der Waals surface area (Å²) in [7, 11) is 2.13. The summed E-state index contributed by atoms with van der Waals surface area (Å²) in [5.74, 6) is 1.93. The van der Waals surface area contributed by atoms with Crippen molar-refractivity contribution in [2.45, 2.75) is 34.1 Å². The van der Waals surface area contributed by atoms with E-state index in [0.29, 0.717) is 0 Å². The van der Waals surface area contributed by atoms with Crippen LogP contribution in [0.3, 0.4) is 0 Å². The maximum Gasteiger partial charge on any atom is 0.256 e. The number of aryl methyl sites for hydroxylation is 2. The summed E-state index contributed by atoms with van der Waals surface area (Å²) in [6, 6.07) is 12.9. The smallest absolute Gasteiger partial charge is 0.256 e. The molecule has 0 spiro atoms. The van der Waals surface area contributed by atoms with Gasteiger partial charge in [0.25, 0.3) is 5.69 Å². The van der Waals surface area contributed by atoms with Crippen LogP contribution in [0.15, 0.2) is 42.6 Å². The van der Waals surface area contributed by atoms with Crippen molar-refractivity contribution in [3.05, 3.63) is 53.7 Å². The zero-order valence-electron chi connectivity index (χ0n) is 15.1. The Balaban J connectivity index is 2.00. The maximum absolute atomic E-state index is 6.32. The van der Waals surface area contributed by atoms with Crippen LogP contribution in [0.25, 0.3) is 22.0 Å². The van der Waals surface area contributed by atoms with Gasteiger partial charge in [-0.2, -0.15) is 4.57 Å². The summed E-state index contributed by atoms with van der Waals surface area (Å²) >= 11 is 0. The quantitative estimate of drug-likeness (QED) is 0.432. The van der Waals surface area contributed by atoms with E-state index in [-0.39, 0.29) is 5.41 Å². The number of hydrogen-bond acceptors (Lipinski definition) is 1. The largest absolute Gasteiger partial charge is 0.450 e. The summed E-state index contributed by atoms with van der Waals surface area (Å²) in [4.78, 5) is 0. The molecule has 0 amide bonds. The predicted octanol–water partition coefficient (Wildman–Crippen LogP) is 5.33. The lowest BCUT2D eigenvalue weighted by Gasteiger charge is -2.22. The van der Waals surface area contributed by atoms with Crippen molar-refractivity contribution >= 4 is 10.8 Å². The highest BCUT2D eigenvalue weighted by molar-refractivity contribution is 6.03. The Kier molecular flexibility index (Phi) is 3.21. The number of fused-ring (bicyclic) bond motifs is 2. The Bertz CT molecular complexity index is 964. The van der Waals surface area contributed by atoms with Crippen molar-refractivity contribution in [1.82, 2.24) is 0 Å². The number of rotatable bonds is 1. The van der Waals surface area contributed by atoms with Gasteiger partial charge in [-0.05, 0) is 41.8 Å². The number of aromatic nitrogens is 1. The van der Waals surface area contributed by atoms with Crippen LogP contribution < -0.4 is 9.30 Å². The molecule has 24 heavy (non-hydrogen) atoms. The van der Waals surface area contributed by atoms with Crippen molar-refractivity contribution in [2.24, 2.45) is 12.5 Å². The second-order valence-electron chi connectivity index (χ2n) is 8.12. The average Bonchev–Trinajstić information content (AvgIpc) is 2.48. The highest BCUT2D eigenvalue weighted by atomic mass is 16.5. The first-order valence-electron chi connectivity index (χ1n) is 8.57. The van der Waals surface area contributed by atoms with Crippen LogP contribution in [0.5, 0.6) is 11.5 Å². The van der Waals surface area contributed by atoms with Crippen molar-refractivity contribution in [3.8, 4) is 22.8 Å². The predicted molar refractivity (Wildman–Crippen MR) is 98.5 cm³/mol. The third-order valence-electron chi connectivity index (χ3n) is 4.67. The molecule has 0 saturated heterocycles. The van der Waals surface area contributed by atoms with Crippen LogP contribution in [-0.2, 0) is 13.5 Å². The number of ether oxygens (including phenoxy) is 1. The van der Waals surface area contributed by atoms with E-state index in [1.54, 1.807) is 0 Å². The van der Waals surface area contributed by atoms with Gasteiger partial charge in [0.15, 0.2) is 11.9 Å². The Labute approximate surface area is 143 Å². The second-order valence-corrected chi connectivity index (χ2v) is 8.12. The minimum Gasteiger partial charge on any atom is -0.450 e. The molecular formula is C22H24NO+. The normalized spacial score (nSPS) is 12.9. The van der Waals surface area contributed by atoms with Gasteiger partial charge in [-0.15, -0.1) is 0 Å². The maximum atomic E-state index is 6.32. The summed E-state index contributed by atoms with van der Waals surface area (Å²) < 4.78 is 8.55. The lowest BCUT2D eigenvalue weighted by Crippen LogP contribution is -2.33. The number of hydrogen-bond donors (Lipinski definition) is 0. The summed E-state index contributed by atoms with van der Waals surface area (Å²) in [5, 5.41) is 2.46. The van der Waals surface area contributed by atoms with Gasteiger partial charge in [0.1, 0.15) is 12.8 Å². The lowest BCUT2D eigenvalue weighted by molar-refractivity contribution is -0.661. The molecule has 0 fully saturated rings. The molecule has 0 unspecified atom stereocenters. The molecule has 4 rings (SSSR count). The van der Waals surface area contributed by atoms with E-state index in [2.05, 4.69) is 81.9 Å². The molecule has 122 valence electrons. The molecule has 2 aromatic carbocycles. The molecule has 0 saturated carbocycles. The van der Waals surface area contributed by atoms with Gasteiger partial charge in [0.05, 0.1) is 5.56 Å². The lowest BCUT2D eigenvalue weighted by atomic mass is 9.88. The van der Waals surface area contributed by atoms with E-state index in [4.69, 9.17) is 4.74 Å². The van der Waals surface area contributed by atoms with Crippen LogP contribution in [0.1, 0.15) is 31.9 Å². The molecule has 1 aromatic heterocycles. The molecule has 1 aliphatic rings. The topological polar surface area (TPSA) is 13.1 Å². The van der Waals surface area contributed by atoms with E-state index < -0.39 is 0 Å². The Morgan fingerprint density at radius 3 is 2.58 bits per heavy atom. The van der Waals surface area contributed by atoms with E-state index in [9.17, 15) is 0 Å². The van der Waals surface area contributed by atoms with Gasteiger partial charge in [-0.25, -0.2) is 0 Å². The molecule has 2 heterocycles. The summed E-state index contributed by atoms with van der Waals surface area (Å²) in [5.41, 5.74) is 5.33. The number of nitrogens with zero attached hydrogens (tertiary/aromatic N) is 1. The number of pyridine rings is 1. The van der Waals surface area contributed by atoms with Crippen LogP contribution in [0.2, 0.25) is 0 Å². The van der Waals surface area contributed by atoms with Gasteiger partial charge < -0.3 is 4.74 Å². The minimum atomic E-state index is 0.254. The molecule has 0 radical (unpaired) electrons. The monoisotopic (exact) mass is 318 g/mol. The fraction of sp³-hybridized carbons (Fsp3) is 0.318. The molecular weight excluding hydrogens is 294 g/mol. The van der Waals surface area contributed by atoms with Crippen molar-refractivity contribution < 1.29 is 9.30 Å². The zero-order valence-corrected chi connectivity index (χ0v) is 15.1. The molecule has 0 bridgehead atoms. The molecule has 2 heteroatoms. The zero-order chi connectivity index (χ0) is 17.1. The highest BCUT2D eigenvalue weighted by Crippen LogP contribution is 2.46. The molecule has 0 aliphatic carbocycles. The molecule has 0 N–H and O–H groups in total. The van der Waals surface area contributed by atoms with Crippen LogP contribution >= 0.6 is 0 Å². The third-order valence-corrected chi connectivity index (χ3v) is 4.67. The van der Waals surface area contributed by atoms with Gasteiger partial charge in [0.2, 0.25) is 0 Å².